The fourth-order valence-corrected chi connectivity index (χ4v) is 3.98. The molecular weight excluding hydrogens is 412 g/mol. The van der Waals surface area contributed by atoms with E-state index in [-0.39, 0.29) is 10.5 Å². The van der Waals surface area contributed by atoms with Crippen LogP contribution in [0.25, 0.3) is 0 Å². The van der Waals surface area contributed by atoms with Crippen molar-refractivity contribution in [2.24, 2.45) is 5.14 Å². The molecule has 0 atom stereocenters. The zero-order chi connectivity index (χ0) is 18.2. The van der Waals surface area contributed by atoms with Gasteiger partial charge in [0.05, 0.1) is 10.5 Å². The molecule has 10 heteroatoms. The summed E-state index contributed by atoms with van der Waals surface area (Å²) in [5.41, 5.74) is -0.538. The maximum Gasteiger partial charge on any atom is 0.253 e. The topological polar surface area (TPSA) is 128 Å². The molecule has 25 heavy (non-hydrogen) atoms. The zero-order valence-electron chi connectivity index (χ0n) is 13.5. The molecule has 2 aromatic rings. The molecule has 1 aromatic heterocycles. The smallest absolute Gasteiger partial charge is 0.253 e. The van der Waals surface area contributed by atoms with Crippen molar-refractivity contribution in [3.05, 3.63) is 40.0 Å². The summed E-state index contributed by atoms with van der Waals surface area (Å²) in [5.74, 6) is 0.434. The van der Waals surface area contributed by atoms with Crippen molar-refractivity contribution in [3.63, 3.8) is 0 Å². The predicted octanol–water partition coefficient (Wildman–Crippen LogP) is 1.99. The predicted molar refractivity (Wildman–Crippen MR) is 92.2 cm³/mol. The van der Waals surface area contributed by atoms with Crippen LogP contribution in [-0.2, 0) is 15.6 Å². The summed E-state index contributed by atoms with van der Waals surface area (Å²) in [6.07, 6.45) is 3.22. The van der Waals surface area contributed by atoms with Crippen LogP contribution in [0.15, 0.2) is 32.1 Å². The van der Waals surface area contributed by atoms with Crippen LogP contribution < -0.4 is 10.5 Å². The highest BCUT2D eigenvalue weighted by Crippen LogP contribution is 2.37. The Morgan fingerprint density at radius 2 is 2.04 bits per heavy atom. The van der Waals surface area contributed by atoms with Crippen molar-refractivity contribution in [2.45, 2.75) is 43.0 Å². The summed E-state index contributed by atoms with van der Waals surface area (Å²) < 4.78 is 28.6. The number of hydrogen-bond acceptors (Lipinski definition) is 6. The van der Waals surface area contributed by atoms with Gasteiger partial charge in [-0.1, -0.05) is 18.0 Å². The summed E-state index contributed by atoms with van der Waals surface area (Å²) in [6.45, 7) is 1.69. The summed E-state index contributed by atoms with van der Waals surface area (Å²) >= 11 is 3.28. The summed E-state index contributed by atoms with van der Waals surface area (Å²) in [4.78, 5) is 17.0. The number of amides is 1. The monoisotopic (exact) mass is 428 g/mol. The van der Waals surface area contributed by atoms with Crippen LogP contribution in [-0.4, -0.2) is 24.5 Å². The maximum atomic E-state index is 12.8. The van der Waals surface area contributed by atoms with Gasteiger partial charge in [0.25, 0.3) is 5.91 Å². The van der Waals surface area contributed by atoms with Crippen LogP contribution in [0.3, 0.4) is 0 Å². The number of sulfonamides is 1. The molecule has 0 aliphatic heterocycles. The Hall–Kier alpha value is -1.78. The Morgan fingerprint density at radius 3 is 2.60 bits per heavy atom. The lowest BCUT2D eigenvalue weighted by Gasteiger charge is -2.27. The van der Waals surface area contributed by atoms with E-state index in [1.165, 1.54) is 18.2 Å². The first-order chi connectivity index (χ1) is 11.7. The van der Waals surface area contributed by atoms with Gasteiger partial charge < -0.3 is 9.84 Å². The Morgan fingerprint density at radius 1 is 1.36 bits per heavy atom. The minimum atomic E-state index is -3.91. The Kier molecular flexibility index (Phi) is 4.69. The number of hydrogen-bond donors (Lipinski definition) is 2. The third-order valence-electron chi connectivity index (χ3n) is 4.28. The number of benzene rings is 1. The standard InChI is InChI=1S/C15H17BrN4O4S/c1-9-18-14(20-24-9)15(6-2-3-7-15)19-13(21)11-8-10(25(17,22)23)4-5-12(11)16/h4-5,8H,2-3,6-7H2,1H3,(H,19,21)(H2,17,22,23). The number of aromatic nitrogens is 2. The molecule has 3 rings (SSSR count). The third kappa shape index (κ3) is 3.60. The van der Waals surface area contributed by atoms with Gasteiger partial charge in [-0.3, -0.25) is 4.79 Å². The lowest BCUT2D eigenvalue weighted by atomic mass is 9.96. The van der Waals surface area contributed by atoms with E-state index >= 15 is 0 Å². The van der Waals surface area contributed by atoms with E-state index < -0.39 is 21.5 Å². The summed E-state index contributed by atoms with van der Waals surface area (Å²) in [6, 6.07) is 4.07. The Bertz CT molecular complexity index is 919. The second-order valence-corrected chi connectivity index (χ2v) is 8.48. The van der Waals surface area contributed by atoms with Gasteiger partial charge in [0.1, 0.15) is 5.54 Å². The molecule has 0 unspecified atom stereocenters. The van der Waals surface area contributed by atoms with Crippen LogP contribution in [0.1, 0.15) is 47.8 Å². The van der Waals surface area contributed by atoms with E-state index in [0.29, 0.717) is 29.0 Å². The molecule has 1 heterocycles. The van der Waals surface area contributed by atoms with Gasteiger partial charge in [-0.2, -0.15) is 4.98 Å². The molecule has 1 aliphatic rings. The van der Waals surface area contributed by atoms with Gasteiger partial charge in [-0.05, 0) is 47.0 Å². The Labute approximate surface area is 153 Å². The van der Waals surface area contributed by atoms with Crippen LogP contribution in [0.4, 0.5) is 0 Å². The van der Waals surface area contributed by atoms with E-state index in [2.05, 4.69) is 31.4 Å². The fraction of sp³-hybridized carbons (Fsp3) is 0.400. The minimum Gasteiger partial charge on any atom is -0.340 e. The highest BCUT2D eigenvalue weighted by atomic mass is 79.9. The van der Waals surface area contributed by atoms with Crippen LogP contribution in [0, 0.1) is 6.92 Å². The lowest BCUT2D eigenvalue weighted by Crippen LogP contribution is -2.44. The molecule has 8 nitrogen and oxygen atoms in total. The van der Waals surface area contributed by atoms with E-state index in [4.69, 9.17) is 9.66 Å². The highest BCUT2D eigenvalue weighted by Gasteiger charge is 2.41. The van der Waals surface area contributed by atoms with Crippen LogP contribution in [0.2, 0.25) is 0 Å². The van der Waals surface area contributed by atoms with E-state index in [9.17, 15) is 13.2 Å². The molecule has 1 aromatic carbocycles. The molecular formula is C15H17BrN4O4S. The van der Waals surface area contributed by atoms with Crippen molar-refractivity contribution in [1.82, 2.24) is 15.5 Å². The van der Waals surface area contributed by atoms with Crippen LogP contribution >= 0.6 is 15.9 Å². The normalized spacial score (nSPS) is 16.8. The molecule has 1 fully saturated rings. The number of carbonyl (C=O) groups is 1. The van der Waals surface area contributed by atoms with Crippen molar-refractivity contribution in [2.75, 3.05) is 0 Å². The SMILES string of the molecule is Cc1nc(C2(NC(=O)c3cc(S(N)(=O)=O)ccc3Br)CCCC2)no1. The van der Waals surface area contributed by atoms with Crippen molar-refractivity contribution in [1.29, 1.82) is 0 Å². The number of carbonyl (C=O) groups excluding carboxylic acids is 1. The van der Waals surface area contributed by atoms with E-state index in [1.807, 2.05) is 0 Å². The molecule has 0 spiro atoms. The number of primary sulfonamides is 1. The third-order valence-corrected chi connectivity index (χ3v) is 5.88. The molecule has 3 N–H and O–H groups in total. The van der Waals surface area contributed by atoms with E-state index in [0.717, 1.165) is 12.8 Å². The number of nitrogens with two attached hydrogens (primary N) is 1. The average Bonchev–Trinajstić information content (AvgIpc) is 3.16. The van der Waals surface area contributed by atoms with Gasteiger partial charge in [0.15, 0.2) is 5.82 Å². The average molecular weight is 429 g/mol. The number of nitrogens with zero attached hydrogens (tertiary/aromatic N) is 2. The molecule has 0 radical (unpaired) electrons. The molecule has 134 valence electrons. The van der Waals surface area contributed by atoms with Crippen molar-refractivity contribution in [3.8, 4) is 0 Å². The van der Waals surface area contributed by atoms with Gasteiger partial charge in [-0.15, -0.1) is 0 Å². The largest absolute Gasteiger partial charge is 0.340 e. The van der Waals surface area contributed by atoms with E-state index in [1.54, 1.807) is 6.92 Å². The molecule has 1 saturated carbocycles. The fourth-order valence-electron chi connectivity index (χ4n) is 3.02. The maximum absolute atomic E-state index is 12.8. The molecule has 0 bridgehead atoms. The first-order valence-corrected chi connectivity index (χ1v) is 10.0. The van der Waals surface area contributed by atoms with Gasteiger partial charge in [0.2, 0.25) is 15.9 Å². The summed E-state index contributed by atoms with van der Waals surface area (Å²) in [5, 5.41) is 12.1. The first kappa shape index (κ1) is 18.0. The van der Waals surface area contributed by atoms with Crippen molar-refractivity contribution < 1.29 is 17.7 Å². The molecule has 0 saturated heterocycles. The van der Waals surface area contributed by atoms with Crippen LogP contribution in [0.5, 0.6) is 0 Å². The molecule has 1 aliphatic carbocycles. The van der Waals surface area contributed by atoms with Gasteiger partial charge in [-0.25, -0.2) is 13.6 Å². The number of aryl methyl sites for hydroxylation is 1. The minimum absolute atomic E-state index is 0.128. The van der Waals surface area contributed by atoms with Gasteiger partial charge in [0, 0.05) is 11.4 Å². The lowest BCUT2D eigenvalue weighted by molar-refractivity contribution is 0.0891. The number of nitrogens with one attached hydrogen (secondary N) is 1. The molecule has 1 amide bonds. The second kappa shape index (κ2) is 6.50. The number of halogens is 1. The first-order valence-electron chi connectivity index (χ1n) is 7.67. The zero-order valence-corrected chi connectivity index (χ0v) is 15.9. The second-order valence-electron chi connectivity index (χ2n) is 6.07. The number of rotatable bonds is 4. The van der Waals surface area contributed by atoms with Crippen molar-refractivity contribution >= 4 is 31.9 Å². The van der Waals surface area contributed by atoms with Gasteiger partial charge >= 0.3 is 0 Å². The quantitative estimate of drug-likeness (QED) is 0.765. The highest BCUT2D eigenvalue weighted by molar-refractivity contribution is 9.10. The summed E-state index contributed by atoms with van der Waals surface area (Å²) in [7, 11) is -3.91. The Balaban J connectivity index is 1.95.